The fourth-order valence-electron chi connectivity index (χ4n) is 2.14. The van der Waals surface area contributed by atoms with E-state index in [4.69, 9.17) is 10.8 Å². The van der Waals surface area contributed by atoms with Gasteiger partial charge in [-0.25, -0.2) is 4.39 Å². The van der Waals surface area contributed by atoms with Gasteiger partial charge in [-0.2, -0.15) is 0 Å². The molecule has 3 N–H and O–H groups in total. The number of carboxylic acid groups (broad SMARTS) is 1. The van der Waals surface area contributed by atoms with Crippen molar-refractivity contribution in [3.63, 3.8) is 0 Å². The maximum atomic E-state index is 13.2. The van der Waals surface area contributed by atoms with E-state index in [0.717, 1.165) is 0 Å². The van der Waals surface area contributed by atoms with Crippen molar-refractivity contribution in [3.05, 3.63) is 29.6 Å². The van der Waals surface area contributed by atoms with Crippen molar-refractivity contribution in [1.82, 2.24) is 0 Å². The van der Waals surface area contributed by atoms with E-state index in [-0.39, 0.29) is 11.6 Å². The van der Waals surface area contributed by atoms with Crippen LogP contribution in [0.4, 0.5) is 10.1 Å². The zero-order valence-corrected chi connectivity index (χ0v) is 8.33. The van der Waals surface area contributed by atoms with E-state index in [1.165, 1.54) is 12.1 Å². The molecule has 1 aliphatic carbocycles. The molecule has 0 radical (unpaired) electrons. The lowest BCUT2D eigenvalue weighted by atomic mass is 9.92. The van der Waals surface area contributed by atoms with Gasteiger partial charge in [-0.1, -0.05) is 19.1 Å². The molecular weight excluding hydrogens is 197 g/mol. The Balaban J connectivity index is 2.55. The summed E-state index contributed by atoms with van der Waals surface area (Å²) in [5, 5.41) is 9.16. The Labute approximate surface area is 86.7 Å². The number of nitrogen functional groups attached to an aromatic ring is 1. The molecule has 1 aromatic rings. The number of carboxylic acids is 1. The smallest absolute Gasteiger partial charge is 0.314 e. The van der Waals surface area contributed by atoms with E-state index < -0.39 is 17.2 Å². The third-order valence-electron chi connectivity index (χ3n) is 3.22. The van der Waals surface area contributed by atoms with E-state index in [0.29, 0.717) is 12.0 Å². The summed E-state index contributed by atoms with van der Waals surface area (Å²) in [5.74, 6) is -1.46. The summed E-state index contributed by atoms with van der Waals surface area (Å²) < 4.78 is 13.2. The summed E-state index contributed by atoms with van der Waals surface area (Å²) in [7, 11) is 0. The van der Waals surface area contributed by atoms with Gasteiger partial charge in [-0.15, -0.1) is 0 Å². The van der Waals surface area contributed by atoms with Crippen molar-refractivity contribution in [2.75, 3.05) is 5.73 Å². The van der Waals surface area contributed by atoms with E-state index >= 15 is 0 Å². The first-order valence-electron chi connectivity index (χ1n) is 4.78. The number of carbonyl (C=O) groups is 1. The third kappa shape index (κ3) is 1.21. The molecule has 2 unspecified atom stereocenters. The predicted octanol–water partition coefficient (Wildman–Crippen LogP) is 1.77. The molecule has 2 rings (SSSR count). The molecule has 1 aromatic carbocycles. The first kappa shape index (κ1) is 9.96. The number of halogens is 1. The molecule has 3 nitrogen and oxygen atoms in total. The fourth-order valence-corrected chi connectivity index (χ4v) is 2.14. The highest BCUT2D eigenvalue weighted by Gasteiger charge is 2.60. The minimum atomic E-state index is -0.966. The lowest BCUT2D eigenvalue weighted by Gasteiger charge is -2.14. The van der Waals surface area contributed by atoms with E-state index in [9.17, 15) is 9.18 Å². The van der Waals surface area contributed by atoms with Crippen LogP contribution in [0.15, 0.2) is 18.2 Å². The SMILES string of the molecule is CC1CC1(C(=O)O)c1cccc(F)c1N. The van der Waals surface area contributed by atoms with Gasteiger partial charge in [0, 0.05) is 0 Å². The summed E-state index contributed by atoms with van der Waals surface area (Å²) in [4.78, 5) is 11.2. The number of hydrogen-bond acceptors (Lipinski definition) is 2. The van der Waals surface area contributed by atoms with Gasteiger partial charge < -0.3 is 10.8 Å². The number of nitrogens with two attached hydrogens (primary N) is 1. The number of rotatable bonds is 2. The Bertz CT molecular complexity index is 433. The maximum Gasteiger partial charge on any atom is 0.314 e. The van der Waals surface area contributed by atoms with Gasteiger partial charge in [-0.3, -0.25) is 4.79 Å². The quantitative estimate of drug-likeness (QED) is 0.729. The summed E-state index contributed by atoms with van der Waals surface area (Å²) in [5.41, 5.74) is 4.97. The highest BCUT2D eigenvalue weighted by atomic mass is 19.1. The number of aliphatic carboxylic acids is 1. The second-order valence-corrected chi connectivity index (χ2v) is 4.08. The third-order valence-corrected chi connectivity index (χ3v) is 3.22. The van der Waals surface area contributed by atoms with Gasteiger partial charge in [0.25, 0.3) is 0 Å². The van der Waals surface area contributed by atoms with Crippen molar-refractivity contribution < 1.29 is 14.3 Å². The van der Waals surface area contributed by atoms with Crippen LogP contribution in [0.1, 0.15) is 18.9 Å². The van der Waals surface area contributed by atoms with Crippen LogP contribution in [-0.2, 0) is 10.2 Å². The van der Waals surface area contributed by atoms with Gasteiger partial charge in [0.05, 0.1) is 11.1 Å². The lowest BCUT2D eigenvalue weighted by Crippen LogP contribution is -2.23. The highest BCUT2D eigenvalue weighted by molar-refractivity contribution is 5.87. The largest absolute Gasteiger partial charge is 0.481 e. The Morgan fingerprint density at radius 3 is 2.73 bits per heavy atom. The van der Waals surface area contributed by atoms with Gasteiger partial charge >= 0.3 is 5.97 Å². The first-order valence-corrected chi connectivity index (χ1v) is 4.78. The van der Waals surface area contributed by atoms with Crippen molar-refractivity contribution in [2.24, 2.45) is 5.92 Å². The second kappa shape index (κ2) is 2.95. The van der Waals surface area contributed by atoms with Crippen LogP contribution in [0.2, 0.25) is 0 Å². The second-order valence-electron chi connectivity index (χ2n) is 4.08. The van der Waals surface area contributed by atoms with Crippen LogP contribution in [-0.4, -0.2) is 11.1 Å². The summed E-state index contributed by atoms with van der Waals surface area (Å²) in [6.45, 7) is 1.83. The minimum absolute atomic E-state index is 0.0131. The molecule has 15 heavy (non-hydrogen) atoms. The summed E-state index contributed by atoms with van der Waals surface area (Å²) >= 11 is 0. The topological polar surface area (TPSA) is 63.3 Å². The van der Waals surface area contributed by atoms with Crippen LogP contribution in [0.3, 0.4) is 0 Å². The monoisotopic (exact) mass is 209 g/mol. The molecule has 0 saturated heterocycles. The highest BCUT2D eigenvalue weighted by Crippen LogP contribution is 2.55. The molecule has 0 spiro atoms. The van der Waals surface area contributed by atoms with Crippen LogP contribution in [0.5, 0.6) is 0 Å². The van der Waals surface area contributed by atoms with Crippen molar-refractivity contribution >= 4 is 11.7 Å². The zero-order chi connectivity index (χ0) is 11.2. The van der Waals surface area contributed by atoms with Crippen LogP contribution in [0.25, 0.3) is 0 Å². The van der Waals surface area contributed by atoms with Crippen LogP contribution in [0, 0.1) is 11.7 Å². The van der Waals surface area contributed by atoms with Crippen molar-refractivity contribution in [2.45, 2.75) is 18.8 Å². The maximum absolute atomic E-state index is 13.2. The average Bonchev–Trinajstić information content (AvgIpc) is 2.83. The van der Waals surface area contributed by atoms with Gasteiger partial charge in [0.2, 0.25) is 0 Å². The Kier molecular flexibility index (Phi) is 1.96. The van der Waals surface area contributed by atoms with Gasteiger partial charge in [0.1, 0.15) is 5.82 Å². The van der Waals surface area contributed by atoms with E-state index in [1.54, 1.807) is 6.07 Å². The standard InChI is InChI=1S/C11H12FNO2/c1-6-5-11(6,10(14)15)7-3-2-4-8(12)9(7)13/h2-4,6H,5,13H2,1H3,(H,14,15). The molecule has 0 amide bonds. The average molecular weight is 209 g/mol. The Morgan fingerprint density at radius 2 is 2.27 bits per heavy atom. The summed E-state index contributed by atoms with van der Waals surface area (Å²) in [6, 6.07) is 4.33. The number of para-hydroxylation sites is 1. The fraction of sp³-hybridized carbons (Fsp3) is 0.364. The van der Waals surface area contributed by atoms with Gasteiger partial charge in [-0.05, 0) is 24.0 Å². The van der Waals surface area contributed by atoms with Crippen LogP contribution < -0.4 is 5.73 Å². The number of anilines is 1. The Morgan fingerprint density at radius 1 is 1.67 bits per heavy atom. The number of benzene rings is 1. The van der Waals surface area contributed by atoms with E-state index in [2.05, 4.69) is 0 Å². The molecule has 0 heterocycles. The normalized spacial score (nSPS) is 28.8. The van der Waals surface area contributed by atoms with Crippen molar-refractivity contribution in [1.29, 1.82) is 0 Å². The molecule has 4 heteroatoms. The number of hydrogen-bond donors (Lipinski definition) is 2. The molecule has 0 aliphatic heterocycles. The lowest BCUT2D eigenvalue weighted by molar-refractivity contribution is -0.140. The van der Waals surface area contributed by atoms with Crippen LogP contribution >= 0.6 is 0 Å². The molecular formula is C11H12FNO2. The first-order chi connectivity index (χ1) is 7.00. The van der Waals surface area contributed by atoms with Crippen molar-refractivity contribution in [3.8, 4) is 0 Å². The summed E-state index contributed by atoms with van der Waals surface area (Å²) in [6.07, 6.45) is 0.524. The van der Waals surface area contributed by atoms with Gasteiger partial charge in [0.15, 0.2) is 0 Å². The molecule has 80 valence electrons. The Hall–Kier alpha value is -1.58. The molecule has 0 aromatic heterocycles. The molecule has 1 fully saturated rings. The molecule has 1 aliphatic rings. The zero-order valence-electron chi connectivity index (χ0n) is 8.33. The minimum Gasteiger partial charge on any atom is -0.481 e. The molecule has 2 atom stereocenters. The predicted molar refractivity (Wildman–Crippen MR) is 53.9 cm³/mol. The molecule has 1 saturated carbocycles. The molecule has 0 bridgehead atoms. The van der Waals surface area contributed by atoms with E-state index in [1.807, 2.05) is 6.92 Å².